The Morgan fingerprint density at radius 2 is 2.08 bits per heavy atom. The zero-order valence-electron chi connectivity index (χ0n) is 12.5. The Hall–Kier alpha value is -2.34. The predicted molar refractivity (Wildman–Crippen MR) is 95.2 cm³/mol. The van der Waals surface area contributed by atoms with Crippen LogP contribution in [0.15, 0.2) is 40.9 Å². The number of hydrogen-bond donors (Lipinski definition) is 2. The average molecular weight is 358 g/mol. The summed E-state index contributed by atoms with van der Waals surface area (Å²) in [4.78, 5) is 9.49. The lowest BCUT2D eigenvalue weighted by Gasteiger charge is -2.11. The topological polar surface area (TPSA) is 105 Å². The number of aliphatic hydroxyl groups excluding tert-OH is 1. The molecular formula is C16H14N4O2S2. The van der Waals surface area contributed by atoms with Crippen molar-refractivity contribution in [3.05, 3.63) is 41.3 Å². The molecule has 1 aromatic carbocycles. The highest BCUT2D eigenvalue weighted by atomic mass is 32.2. The monoisotopic (exact) mass is 358 g/mol. The van der Waals surface area contributed by atoms with Gasteiger partial charge in [-0.3, -0.25) is 0 Å². The van der Waals surface area contributed by atoms with E-state index in [9.17, 15) is 5.11 Å². The van der Waals surface area contributed by atoms with E-state index in [4.69, 9.17) is 15.7 Å². The maximum absolute atomic E-state index is 10.0. The van der Waals surface area contributed by atoms with E-state index < -0.39 is 6.10 Å². The molecule has 0 saturated heterocycles. The molecule has 0 bridgehead atoms. The number of fused-ring (bicyclic) bond motifs is 1. The van der Waals surface area contributed by atoms with Crippen LogP contribution >= 0.6 is 23.1 Å². The molecule has 1 unspecified atom stereocenters. The zero-order valence-corrected chi connectivity index (χ0v) is 14.2. The van der Waals surface area contributed by atoms with E-state index in [-0.39, 0.29) is 6.61 Å². The lowest BCUT2D eigenvalue weighted by Crippen LogP contribution is -2.20. The van der Waals surface area contributed by atoms with E-state index in [2.05, 4.69) is 9.97 Å². The van der Waals surface area contributed by atoms with E-state index >= 15 is 0 Å². The van der Waals surface area contributed by atoms with Crippen molar-refractivity contribution in [2.24, 2.45) is 0 Å². The highest BCUT2D eigenvalue weighted by Gasteiger charge is 2.11. The maximum atomic E-state index is 10.0. The molecular weight excluding hydrogens is 344 g/mol. The largest absolute Gasteiger partial charge is 0.491 e. The van der Waals surface area contributed by atoms with Gasteiger partial charge >= 0.3 is 0 Å². The molecule has 3 rings (SSSR count). The van der Waals surface area contributed by atoms with Crippen molar-refractivity contribution in [3.63, 3.8) is 0 Å². The fourth-order valence-corrected chi connectivity index (χ4v) is 3.55. The van der Waals surface area contributed by atoms with Gasteiger partial charge in [0.2, 0.25) is 0 Å². The SMILES string of the molecule is N#Cc1ccc(OCC(O)CSc2nc(N)c3ccsc3n2)cc1. The molecule has 3 aromatic rings. The Balaban J connectivity index is 1.52. The second kappa shape index (κ2) is 7.49. The van der Waals surface area contributed by atoms with Crippen LogP contribution in [0.4, 0.5) is 5.82 Å². The van der Waals surface area contributed by atoms with E-state index in [0.717, 1.165) is 10.2 Å². The van der Waals surface area contributed by atoms with Gasteiger partial charge in [0.1, 0.15) is 23.0 Å². The first kappa shape index (κ1) is 16.5. The number of benzene rings is 1. The summed E-state index contributed by atoms with van der Waals surface area (Å²) in [5.41, 5.74) is 6.47. The van der Waals surface area contributed by atoms with Crippen LogP contribution in [0, 0.1) is 11.3 Å². The van der Waals surface area contributed by atoms with E-state index in [0.29, 0.717) is 28.0 Å². The standard InChI is InChI=1S/C16H14N4O2S2/c17-7-10-1-3-12(4-2-10)22-8-11(21)9-24-16-19-14(18)13-5-6-23-15(13)20-16/h1-6,11,21H,8-9H2,(H2,18,19,20). The van der Waals surface area contributed by atoms with Crippen molar-refractivity contribution in [1.29, 1.82) is 5.26 Å². The molecule has 122 valence electrons. The minimum absolute atomic E-state index is 0.148. The van der Waals surface area contributed by atoms with Gasteiger partial charge in [0.05, 0.1) is 23.1 Å². The van der Waals surface area contributed by atoms with Crippen molar-refractivity contribution in [2.75, 3.05) is 18.1 Å². The van der Waals surface area contributed by atoms with Crippen molar-refractivity contribution in [1.82, 2.24) is 9.97 Å². The molecule has 0 radical (unpaired) electrons. The van der Waals surface area contributed by atoms with Gasteiger partial charge in [0.15, 0.2) is 5.16 Å². The second-order valence-corrected chi connectivity index (χ2v) is 6.82. The summed E-state index contributed by atoms with van der Waals surface area (Å²) in [6.07, 6.45) is -0.672. The fraction of sp³-hybridized carbons (Fsp3) is 0.188. The van der Waals surface area contributed by atoms with Gasteiger partial charge in [-0.05, 0) is 35.7 Å². The summed E-state index contributed by atoms with van der Waals surface area (Å²) in [6.45, 7) is 0.148. The predicted octanol–water partition coefficient (Wildman–Crippen LogP) is 2.68. The number of hydrogen-bond acceptors (Lipinski definition) is 8. The highest BCUT2D eigenvalue weighted by Crippen LogP contribution is 2.26. The molecule has 0 spiro atoms. The first-order valence-corrected chi connectivity index (χ1v) is 8.97. The van der Waals surface area contributed by atoms with Crippen LogP contribution in [-0.2, 0) is 0 Å². The molecule has 3 N–H and O–H groups in total. The third-order valence-electron chi connectivity index (χ3n) is 3.16. The molecule has 0 aliphatic carbocycles. The minimum Gasteiger partial charge on any atom is -0.491 e. The molecule has 2 heterocycles. The Morgan fingerprint density at radius 1 is 1.29 bits per heavy atom. The summed E-state index contributed by atoms with van der Waals surface area (Å²) >= 11 is 2.84. The van der Waals surface area contributed by atoms with Crippen LogP contribution in [0.2, 0.25) is 0 Å². The number of thioether (sulfide) groups is 1. The number of rotatable bonds is 6. The Morgan fingerprint density at radius 3 is 2.83 bits per heavy atom. The van der Waals surface area contributed by atoms with E-state index in [1.807, 2.05) is 17.5 Å². The van der Waals surface area contributed by atoms with Gasteiger partial charge in [-0.1, -0.05) is 11.8 Å². The van der Waals surface area contributed by atoms with E-state index in [1.54, 1.807) is 24.3 Å². The van der Waals surface area contributed by atoms with Gasteiger partial charge < -0.3 is 15.6 Å². The first-order valence-electron chi connectivity index (χ1n) is 7.10. The lowest BCUT2D eigenvalue weighted by atomic mass is 10.2. The number of aliphatic hydroxyl groups is 1. The fourth-order valence-electron chi connectivity index (χ4n) is 1.96. The normalized spacial score (nSPS) is 12.0. The van der Waals surface area contributed by atoms with Gasteiger partial charge in [-0.2, -0.15) is 5.26 Å². The molecule has 24 heavy (non-hydrogen) atoms. The number of nitrogen functional groups attached to an aromatic ring is 1. The highest BCUT2D eigenvalue weighted by molar-refractivity contribution is 7.99. The molecule has 0 aliphatic rings. The number of aromatic nitrogens is 2. The number of nitriles is 1. The maximum Gasteiger partial charge on any atom is 0.190 e. The lowest BCUT2D eigenvalue weighted by molar-refractivity contribution is 0.126. The molecule has 0 saturated carbocycles. The van der Waals surface area contributed by atoms with Crippen molar-refractivity contribution in [3.8, 4) is 11.8 Å². The summed E-state index contributed by atoms with van der Waals surface area (Å²) in [7, 11) is 0. The Labute approximate surface area is 146 Å². The van der Waals surface area contributed by atoms with Crippen LogP contribution in [0.3, 0.4) is 0 Å². The van der Waals surface area contributed by atoms with Crippen molar-refractivity contribution < 1.29 is 9.84 Å². The van der Waals surface area contributed by atoms with Gasteiger partial charge in [0.25, 0.3) is 0 Å². The summed E-state index contributed by atoms with van der Waals surface area (Å²) in [5.74, 6) is 1.46. The third-order valence-corrected chi connectivity index (χ3v) is 4.96. The smallest absolute Gasteiger partial charge is 0.190 e. The number of nitrogens with zero attached hydrogens (tertiary/aromatic N) is 3. The first-order chi connectivity index (χ1) is 11.7. The molecule has 0 fully saturated rings. The molecule has 8 heteroatoms. The van der Waals surface area contributed by atoms with Crippen LogP contribution in [0.5, 0.6) is 5.75 Å². The quantitative estimate of drug-likeness (QED) is 0.515. The minimum atomic E-state index is -0.672. The number of nitrogens with two attached hydrogens (primary N) is 1. The van der Waals surface area contributed by atoms with Gasteiger partial charge in [0, 0.05) is 5.75 Å². The molecule has 1 atom stereocenters. The average Bonchev–Trinajstić information content (AvgIpc) is 3.08. The molecule has 6 nitrogen and oxygen atoms in total. The summed E-state index contributed by atoms with van der Waals surface area (Å²) < 4.78 is 5.50. The van der Waals surface area contributed by atoms with Gasteiger partial charge in [-0.25, -0.2) is 9.97 Å². The van der Waals surface area contributed by atoms with Crippen LogP contribution < -0.4 is 10.5 Å². The molecule has 0 amide bonds. The van der Waals surface area contributed by atoms with Crippen molar-refractivity contribution >= 4 is 39.1 Å². The summed E-state index contributed by atoms with van der Waals surface area (Å²) in [6, 6.07) is 10.7. The second-order valence-electron chi connectivity index (χ2n) is 4.94. The van der Waals surface area contributed by atoms with Crippen molar-refractivity contribution in [2.45, 2.75) is 11.3 Å². The number of thiophene rings is 1. The number of ether oxygens (including phenoxy) is 1. The molecule has 0 aliphatic heterocycles. The number of anilines is 1. The van der Waals surface area contributed by atoms with Crippen LogP contribution in [0.1, 0.15) is 5.56 Å². The zero-order chi connectivity index (χ0) is 16.9. The van der Waals surface area contributed by atoms with Gasteiger partial charge in [-0.15, -0.1) is 11.3 Å². The Kier molecular flexibility index (Phi) is 5.15. The summed E-state index contributed by atoms with van der Waals surface area (Å²) in [5, 5.41) is 22.1. The van der Waals surface area contributed by atoms with Crippen LogP contribution in [0.25, 0.3) is 10.2 Å². The third kappa shape index (κ3) is 3.94. The Bertz CT molecular complexity index is 874. The molecule has 2 aromatic heterocycles. The van der Waals surface area contributed by atoms with Crippen LogP contribution in [-0.4, -0.2) is 33.5 Å². The van der Waals surface area contributed by atoms with E-state index in [1.165, 1.54) is 23.1 Å².